The summed E-state index contributed by atoms with van der Waals surface area (Å²) in [7, 11) is 7.91. The molecule has 0 saturated heterocycles. The van der Waals surface area contributed by atoms with Crippen LogP contribution in [0.4, 0.5) is 22.7 Å². The smallest absolute Gasteiger partial charge is 0.272 e. The van der Waals surface area contributed by atoms with Crippen LogP contribution in [0.5, 0.6) is 0 Å². The molecule has 4 amide bonds. The van der Waals surface area contributed by atoms with Crippen molar-refractivity contribution in [1.82, 2.24) is 25.4 Å². The standard InChI is InChI=1S/C38H47N9O4/c1-21(46(3)4)19-39-36(49)32-14-23-7-10-27(17-30(23)44-32)41-35(48)25-9-12-29-26(13-25)16-34(43-29)38(51)42-28-11-8-24-15-33(45-31(24)18-28)37(50)40-20-22(2)47(5)6/h7-13,16-18,21-22,32-33,43-45H,14-15,19-20H2,1-6H3,(H,39,49)(H,40,50)(H,41,48)(H,42,51). The predicted molar refractivity (Wildman–Crippen MR) is 202 cm³/mol. The first kappa shape index (κ1) is 35.4. The Kier molecular flexibility index (Phi) is 10.3. The van der Waals surface area contributed by atoms with Crippen molar-refractivity contribution in [2.24, 2.45) is 0 Å². The van der Waals surface area contributed by atoms with E-state index in [2.05, 4.69) is 60.5 Å². The number of hydrogen-bond donors (Lipinski definition) is 7. The maximum absolute atomic E-state index is 13.2. The number of nitrogens with one attached hydrogen (secondary N) is 7. The number of hydrogen-bond acceptors (Lipinski definition) is 8. The van der Waals surface area contributed by atoms with Crippen molar-refractivity contribution in [1.29, 1.82) is 0 Å². The number of anilines is 4. The van der Waals surface area contributed by atoms with Gasteiger partial charge in [-0.05, 0) is 102 Å². The van der Waals surface area contributed by atoms with E-state index in [1.165, 1.54) is 0 Å². The molecule has 0 spiro atoms. The molecule has 268 valence electrons. The quantitative estimate of drug-likeness (QED) is 0.119. The number of aromatic nitrogens is 1. The number of aromatic amines is 1. The molecule has 1 aromatic heterocycles. The molecule has 0 bridgehead atoms. The minimum absolute atomic E-state index is 0.0527. The number of carbonyl (C=O) groups excluding carboxylic acids is 4. The van der Waals surface area contributed by atoms with E-state index in [0.29, 0.717) is 53.9 Å². The number of fused-ring (bicyclic) bond motifs is 3. The highest BCUT2D eigenvalue weighted by molar-refractivity contribution is 6.09. The Morgan fingerprint density at radius 2 is 1.20 bits per heavy atom. The number of likely N-dealkylation sites (N-methyl/N-ethyl adjacent to an activating group) is 2. The van der Waals surface area contributed by atoms with Crippen molar-refractivity contribution in [3.63, 3.8) is 0 Å². The molecule has 2 aliphatic rings. The second kappa shape index (κ2) is 14.8. The summed E-state index contributed by atoms with van der Waals surface area (Å²) in [5, 5.41) is 19.2. The molecule has 7 N–H and O–H groups in total. The molecule has 3 aromatic carbocycles. The van der Waals surface area contributed by atoms with Gasteiger partial charge in [0.25, 0.3) is 11.8 Å². The molecule has 0 radical (unpaired) electrons. The molecule has 4 aromatic rings. The summed E-state index contributed by atoms with van der Waals surface area (Å²) in [5.41, 5.74) is 6.38. The Bertz CT molecular complexity index is 1870. The summed E-state index contributed by atoms with van der Waals surface area (Å²) < 4.78 is 0. The Morgan fingerprint density at radius 1 is 0.686 bits per heavy atom. The van der Waals surface area contributed by atoms with E-state index in [1.807, 2.05) is 64.6 Å². The van der Waals surface area contributed by atoms with Crippen LogP contribution in [0, 0.1) is 0 Å². The number of nitrogens with zero attached hydrogens (tertiary/aromatic N) is 2. The van der Waals surface area contributed by atoms with Crippen molar-refractivity contribution in [2.45, 2.75) is 50.9 Å². The van der Waals surface area contributed by atoms with Crippen molar-refractivity contribution < 1.29 is 19.2 Å². The predicted octanol–water partition coefficient (Wildman–Crippen LogP) is 3.48. The molecule has 13 heteroatoms. The molecule has 2 aliphatic heterocycles. The average molecular weight is 694 g/mol. The largest absolute Gasteiger partial charge is 0.373 e. The van der Waals surface area contributed by atoms with Crippen LogP contribution in [-0.4, -0.2) is 104 Å². The Morgan fingerprint density at radius 3 is 1.71 bits per heavy atom. The van der Waals surface area contributed by atoms with Crippen LogP contribution >= 0.6 is 0 Å². The molecular formula is C38H47N9O4. The van der Waals surface area contributed by atoms with Gasteiger partial charge in [0.15, 0.2) is 0 Å². The molecule has 0 saturated carbocycles. The fourth-order valence-corrected chi connectivity index (χ4v) is 6.07. The number of carbonyl (C=O) groups is 4. The summed E-state index contributed by atoms with van der Waals surface area (Å²) in [4.78, 5) is 59.2. The van der Waals surface area contributed by atoms with Crippen molar-refractivity contribution in [3.05, 3.63) is 83.0 Å². The first-order valence-corrected chi connectivity index (χ1v) is 17.3. The molecular weight excluding hydrogens is 646 g/mol. The lowest BCUT2D eigenvalue weighted by atomic mass is 10.1. The minimum Gasteiger partial charge on any atom is -0.373 e. The number of H-pyrrole nitrogens is 1. The third kappa shape index (κ3) is 8.16. The Balaban J connectivity index is 1.04. The van der Waals surface area contributed by atoms with E-state index >= 15 is 0 Å². The third-order valence-electron chi connectivity index (χ3n) is 9.91. The monoisotopic (exact) mass is 693 g/mol. The molecule has 6 rings (SSSR count). The summed E-state index contributed by atoms with van der Waals surface area (Å²) in [6, 6.07) is 17.8. The fraction of sp³-hybridized carbons (Fsp3) is 0.368. The first-order valence-electron chi connectivity index (χ1n) is 17.3. The lowest BCUT2D eigenvalue weighted by Gasteiger charge is -2.21. The molecule has 0 fully saturated rings. The van der Waals surface area contributed by atoms with E-state index in [4.69, 9.17) is 0 Å². The Hall–Kier alpha value is -5.40. The molecule has 0 aliphatic carbocycles. The zero-order chi connectivity index (χ0) is 36.4. The maximum Gasteiger partial charge on any atom is 0.272 e. The summed E-state index contributed by atoms with van der Waals surface area (Å²) in [5.74, 6) is -0.727. The van der Waals surface area contributed by atoms with Crippen LogP contribution in [0.25, 0.3) is 10.9 Å². The fourth-order valence-electron chi connectivity index (χ4n) is 6.07. The van der Waals surface area contributed by atoms with Crippen molar-refractivity contribution in [3.8, 4) is 0 Å². The molecule has 4 unspecified atom stereocenters. The number of benzene rings is 3. The molecule has 4 atom stereocenters. The van der Waals surface area contributed by atoms with E-state index in [9.17, 15) is 19.2 Å². The summed E-state index contributed by atoms with van der Waals surface area (Å²) in [6.07, 6.45) is 1.15. The van der Waals surface area contributed by atoms with Gasteiger partial charge in [-0.2, -0.15) is 0 Å². The van der Waals surface area contributed by atoms with Gasteiger partial charge in [-0.1, -0.05) is 12.1 Å². The lowest BCUT2D eigenvalue weighted by molar-refractivity contribution is -0.122. The van der Waals surface area contributed by atoms with Gasteiger partial charge >= 0.3 is 0 Å². The molecule has 3 heterocycles. The van der Waals surface area contributed by atoms with E-state index in [-0.39, 0.29) is 47.8 Å². The third-order valence-corrected chi connectivity index (χ3v) is 9.91. The highest BCUT2D eigenvalue weighted by atomic mass is 16.2. The zero-order valence-electron chi connectivity index (χ0n) is 29.9. The Labute approximate surface area is 297 Å². The van der Waals surface area contributed by atoms with Gasteiger partial charge in [-0.15, -0.1) is 0 Å². The topological polar surface area (TPSA) is 163 Å². The second-order valence-electron chi connectivity index (χ2n) is 14.1. The van der Waals surface area contributed by atoms with Crippen molar-refractivity contribution in [2.75, 3.05) is 62.5 Å². The number of amides is 4. The highest BCUT2D eigenvalue weighted by Crippen LogP contribution is 2.31. The average Bonchev–Trinajstić information content (AvgIpc) is 3.85. The highest BCUT2D eigenvalue weighted by Gasteiger charge is 2.29. The molecule has 51 heavy (non-hydrogen) atoms. The summed E-state index contributed by atoms with van der Waals surface area (Å²) >= 11 is 0. The van der Waals surface area contributed by atoms with Crippen LogP contribution in [0.3, 0.4) is 0 Å². The normalized spacial score (nSPS) is 17.3. The van der Waals surface area contributed by atoms with Crippen LogP contribution in [0.15, 0.2) is 60.7 Å². The van der Waals surface area contributed by atoms with E-state index < -0.39 is 0 Å². The van der Waals surface area contributed by atoms with Gasteiger partial charge in [-0.3, -0.25) is 19.2 Å². The zero-order valence-corrected chi connectivity index (χ0v) is 29.9. The van der Waals surface area contributed by atoms with Gasteiger partial charge in [0.2, 0.25) is 11.8 Å². The van der Waals surface area contributed by atoms with Crippen LogP contribution in [0.1, 0.15) is 45.8 Å². The van der Waals surface area contributed by atoms with E-state index in [1.54, 1.807) is 24.3 Å². The van der Waals surface area contributed by atoms with Gasteiger partial charge in [0.1, 0.15) is 17.8 Å². The van der Waals surface area contributed by atoms with Crippen LogP contribution in [-0.2, 0) is 22.4 Å². The van der Waals surface area contributed by atoms with E-state index in [0.717, 1.165) is 28.0 Å². The second-order valence-corrected chi connectivity index (χ2v) is 14.1. The van der Waals surface area contributed by atoms with Crippen LogP contribution in [0.2, 0.25) is 0 Å². The number of rotatable bonds is 12. The first-order chi connectivity index (χ1) is 24.3. The van der Waals surface area contributed by atoms with Crippen molar-refractivity contribution >= 4 is 57.3 Å². The van der Waals surface area contributed by atoms with Gasteiger partial charge in [0.05, 0.1) is 0 Å². The molecule has 13 nitrogen and oxygen atoms in total. The maximum atomic E-state index is 13.2. The van der Waals surface area contributed by atoms with Gasteiger partial charge < -0.3 is 46.7 Å². The minimum atomic E-state index is -0.368. The van der Waals surface area contributed by atoms with Gasteiger partial charge in [-0.25, -0.2) is 0 Å². The van der Waals surface area contributed by atoms with Crippen LogP contribution < -0.4 is 31.9 Å². The summed E-state index contributed by atoms with van der Waals surface area (Å²) in [6.45, 7) is 5.23. The lowest BCUT2D eigenvalue weighted by Crippen LogP contribution is -2.44. The SMILES string of the molecule is CC(CNC(=O)C1Cc2ccc(NC(=O)c3ccc4[nH]c(C(=O)Nc5ccc6c(c5)NC(C(=O)NCC(C)N(C)C)C6)cc4c3)cc2N1)N(C)C. The van der Waals surface area contributed by atoms with Gasteiger partial charge in [0, 0.05) is 77.2 Å².